The Kier molecular flexibility index (Phi) is 4790. The Hall–Kier alpha value is -0.520. The average Bonchev–Trinajstić information content (AvgIpc) is 2.42. The summed E-state index contributed by atoms with van der Waals surface area (Å²) in [5.41, 5.74) is 0. The standard InChI is InChI=1S/2C3H8.3C2H6.2C2H4.CH4.H2/c2*1-3-2;5*1-2;;/h2*3H2,1-2H3;3*1-2H3;2*1-2H2;1H4;1H/i;;;;;;;;1+1. The van der Waals surface area contributed by atoms with E-state index < -0.39 is 0 Å². The minimum Gasteiger partial charge on any atom is -0.106 e. The quantitative estimate of drug-likeness (QED) is 0.380. The summed E-state index contributed by atoms with van der Waals surface area (Å²) in [5.74, 6) is 0. The Bertz CT molecular complexity index is 17.6. The molecule has 0 saturated heterocycles. The number of hydrogen-bond donors (Lipinski definition) is 0. The lowest BCUT2D eigenvalue weighted by Gasteiger charge is -1.48. The highest BCUT2D eigenvalue weighted by molar-refractivity contribution is 4.22. The molecule has 0 fully saturated rings. The van der Waals surface area contributed by atoms with Crippen LogP contribution in [0.3, 0.4) is 0 Å². The zero-order valence-corrected chi connectivity index (χ0v) is 14.2. The van der Waals surface area contributed by atoms with E-state index in [-0.39, 0.29) is 8.85 Å². The van der Waals surface area contributed by atoms with E-state index in [0.717, 1.165) is 0 Å². The summed E-state index contributed by atoms with van der Waals surface area (Å²) < 4.78 is 0. The maximum Gasteiger partial charge on any atom is 0 e. The molecule has 0 aromatic carbocycles. The molecule has 0 aliphatic heterocycles. The highest BCUT2D eigenvalue weighted by Gasteiger charge is 1.36. The highest BCUT2D eigenvalue weighted by atomic mass is 13.4. The molecule has 0 aliphatic carbocycles. The van der Waals surface area contributed by atoms with Gasteiger partial charge in [0.05, 0.1) is 0 Å². The smallest absolute Gasteiger partial charge is 0 e. The lowest BCUT2D eigenvalue weighted by Crippen LogP contribution is -1.27. The Balaban J connectivity index is -0.00000000745. The van der Waals surface area contributed by atoms with Gasteiger partial charge in [-0.1, -0.05) is 89.5 Å². The molecule has 0 heteroatoms. The lowest BCUT2D eigenvalue weighted by molar-refractivity contribution is 1.09. The van der Waals surface area contributed by atoms with Crippen molar-refractivity contribution in [2.75, 3.05) is 0 Å². The van der Waals surface area contributed by atoms with Crippen molar-refractivity contribution < 1.29 is 1.43 Å². The molecule has 0 heterocycles. The van der Waals surface area contributed by atoms with Gasteiger partial charge in [0.2, 0.25) is 0 Å². The molecule has 116 valence electrons. The van der Waals surface area contributed by atoms with E-state index in [0.29, 0.717) is 0 Å². The fourth-order valence-corrected chi connectivity index (χ4v) is 0. The van der Waals surface area contributed by atoms with Crippen LogP contribution >= 0.6 is 0 Å². The van der Waals surface area contributed by atoms with Crippen LogP contribution in [-0.4, -0.2) is 0 Å². The molecule has 0 radical (unpaired) electrons. The van der Waals surface area contributed by atoms with E-state index in [1.807, 2.05) is 41.5 Å². The van der Waals surface area contributed by atoms with Crippen LogP contribution in [0, 0.1) is 0 Å². The summed E-state index contributed by atoms with van der Waals surface area (Å²) >= 11 is 0. The van der Waals surface area contributed by atoms with Crippen molar-refractivity contribution in [3.8, 4) is 0 Å². The first-order valence-electron chi connectivity index (χ1n) is 6.83. The van der Waals surface area contributed by atoms with Gasteiger partial charge in [0, 0.05) is 1.43 Å². The minimum absolute atomic E-state index is 0. The van der Waals surface area contributed by atoms with Crippen LogP contribution in [0.4, 0.5) is 0 Å². The van der Waals surface area contributed by atoms with Crippen molar-refractivity contribution in [3.05, 3.63) is 26.3 Å². The van der Waals surface area contributed by atoms with E-state index in [4.69, 9.17) is 0 Å². The fourth-order valence-electron chi connectivity index (χ4n) is 0. The molecule has 0 N–H and O–H groups in total. The second-order valence-corrected chi connectivity index (χ2v) is 1.41. The van der Waals surface area contributed by atoms with Crippen LogP contribution in [0.25, 0.3) is 0 Å². The molecule has 0 spiro atoms. The van der Waals surface area contributed by atoms with Gasteiger partial charge < -0.3 is 0 Å². The molecular formula is C17H48. The largest absolute Gasteiger partial charge is 0.106 e. The van der Waals surface area contributed by atoms with Crippen LogP contribution in [0.15, 0.2) is 26.3 Å². The molecule has 17 heavy (non-hydrogen) atoms. The van der Waals surface area contributed by atoms with E-state index >= 15 is 0 Å². The Morgan fingerprint density at radius 2 is 0.529 bits per heavy atom. The molecule has 0 aromatic heterocycles. The number of hydrogen-bond acceptors (Lipinski definition) is 0. The minimum atomic E-state index is 0. The van der Waals surface area contributed by atoms with Crippen molar-refractivity contribution in [3.63, 3.8) is 0 Å². The molecule has 0 rings (SSSR count). The Labute approximate surface area is 118 Å². The molecule has 0 saturated carbocycles. The molecule has 0 bridgehead atoms. The molecule has 0 nitrogen and oxygen atoms in total. The second-order valence-electron chi connectivity index (χ2n) is 1.41. The van der Waals surface area contributed by atoms with E-state index in [2.05, 4.69) is 54.0 Å². The average molecular weight is 254 g/mol. The third kappa shape index (κ3) is 10400. The third-order valence-electron chi connectivity index (χ3n) is 0. The first-order valence-corrected chi connectivity index (χ1v) is 6.83. The predicted octanol–water partition coefficient (Wildman–Crippen LogP) is 8.40. The predicted molar refractivity (Wildman–Crippen MR) is 97.3 cm³/mol. The Morgan fingerprint density at radius 3 is 0.529 bits per heavy atom. The zero-order valence-electron chi connectivity index (χ0n) is 14.2. The van der Waals surface area contributed by atoms with Crippen LogP contribution < -0.4 is 0 Å². The van der Waals surface area contributed by atoms with E-state index in [1.165, 1.54) is 12.8 Å². The SMILES string of the molecule is C.C=C.C=C.CC.CC.CC.CCC.CCC.[2HH]. The van der Waals surface area contributed by atoms with Crippen molar-refractivity contribution in [2.24, 2.45) is 0 Å². The molecule has 0 aliphatic rings. The maximum atomic E-state index is 3.00. The zero-order chi connectivity index (χ0) is 15.4. The second kappa shape index (κ2) is 1480. The van der Waals surface area contributed by atoms with Gasteiger partial charge in [-0.2, -0.15) is 0 Å². The van der Waals surface area contributed by atoms with Crippen LogP contribution in [0.2, 0.25) is 0 Å². The van der Waals surface area contributed by atoms with Gasteiger partial charge >= 0.3 is 0 Å². The maximum absolute atomic E-state index is 3.00. The summed E-state index contributed by atoms with van der Waals surface area (Å²) in [5, 5.41) is 0. The Morgan fingerprint density at radius 1 is 0.529 bits per heavy atom. The molecule has 0 amide bonds. The van der Waals surface area contributed by atoms with Gasteiger partial charge in [-0.25, -0.2) is 0 Å². The van der Waals surface area contributed by atoms with Gasteiger partial charge in [0.1, 0.15) is 0 Å². The molecular weight excluding hydrogens is 204 g/mol. The van der Waals surface area contributed by atoms with Gasteiger partial charge in [-0.05, 0) is 0 Å². The van der Waals surface area contributed by atoms with Gasteiger partial charge in [-0.3, -0.25) is 0 Å². The third-order valence-corrected chi connectivity index (χ3v) is 0. The lowest BCUT2D eigenvalue weighted by atomic mass is 10.6. The van der Waals surface area contributed by atoms with Crippen LogP contribution in [-0.2, 0) is 0 Å². The first kappa shape index (κ1) is 54.9. The normalized spacial score (nSPS) is 3.65. The van der Waals surface area contributed by atoms with Crippen molar-refractivity contribution in [1.29, 1.82) is 0 Å². The topological polar surface area (TPSA) is 0 Å². The highest BCUT2D eigenvalue weighted by Crippen LogP contribution is 1.56. The van der Waals surface area contributed by atoms with Crippen LogP contribution in [0.1, 0.15) is 90.9 Å². The van der Waals surface area contributed by atoms with Gasteiger partial charge in [0.15, 0.2) is 0 Å². The van der Waals surface area contributed by atoms with Crippen LogP contribution in [0.5, 0.6) is 0 Å². The summed E-state index contributed by atoms with van der Waals surface area (Å²) in [7, 11) is 0. The van der Waals surface area contributed by atoms with Gasteiger partial charge in [-0.15, -0.1) is 26.3 Å². The fraction of sp³-hybridized carbons (Fsp3) is 0.765. The molecule has 0 aromatic rings. The first-order chi connectivity index (χ1) is 7.83. The van der Waals surface area contributed by atoms with E-state index in [9.17, 15) is 0 Å². The monoisotopic (exact) mass is 253 g/mol. The summed E-state index contributed by atoms with van der Waals surface area (Å²) in [6.07, 6.45) is 2.50. The molecule has 0 unspecified atom stereocenters. The summed E-state index contributed by atoms with van der Waals surface area (Å²) in [6, 6.07) is 0. The van der Waals surface area contributed by atoms with Crippen molar-refractivity contribution >= 4 is 0 Å². The number of rotatable bonds is 0. The summed E-state index contributed by atoms with van der Waals surface area (Å²) in [6.45, 7) is 32.5. The summed E-state index contributed by atoms with van der Waals surface area (Å²) in [4.78, 5) is 0. The van der Waals surface area contributed by atoms with Crippen molar-refractivity contribution in [1.82, 2.24) is 0 Å². The van der Waals surface area contributed by atoms with Crippen molar-refractivity contribution in [2.45, 2.75) is 89.5 Å². The van der Waals surface area contributed by atoms with E-state index in [1.54, 1.807) is 0 Å². The van der Waals surface area contributed by atoms with Gasteiger partial charge in [0.25, 0.3) is 0 Å². The molecule has 0 atom stereocenters.